The van der Waals surface area contributed by atoms with Crippen LogP contribution in [0.25, 0.3) is 0 Å². The van der Waals surface area contributed by atoms with Gasteiger partial charge in [-0.15, -0.1) is 0 Å². The fourth-order valence-electron chi connectivity index (χ4n) is 2.44. The molecule has 0 heterocycles. The molecule has 2 N–H and O–H groups in total. The monoisotopic (exact) mass is 198 g/mol. The van der Waals surface area contributed by atoms with Gasteiger partial charge in [-0.25, -0.2) is 0 Å². The van der Waals surface area contributed by atoms with Crippen molar-refractivity contribution in [2.24, 2.45) is 11.1 Å². The van der Waals surface area contributed by atoms with Gasteiger partial charge >= 0.3 is 0 Å². The van der Waals surface area contributed by atoms with Crippen LogP contribution in [0, 0.1) is 5.41 Å². The van der Waals surface area contributed by atoms with Crippen molar-refractivity contribution in [3.8, 4) is 0 Å². The highest BCUT2D eigenvalue weighted by Crippen LogP contribution is 2.38. The van der Waals surface area contributed by atoms with Crippen LogP contribution in [0.4, 0.5) is 0 Å². The Labute approximate surface area is 88.8 Å². The van der Waals surface area contributed by atoms with E-state index in [1.807, 2.05) is 0 Å². The summed E-state index contributed by atoms with van der Waals surface area (Å²) in [6.07, 6.45) is 8.24. The van der Waals surface area contributed by atoms with Gasteiger partial charge in [-0.05, 0) is 51.4 Å². The molecule has 0 spiro atoms. The molecule has 2 heteroatoms. The van der Waals surface area contributed by atoms with Crippen LogP contribution in [0.3, 0.4) is 0 Å². The highest BCUT2D eigenvalue weighted by Gasteiger charge is 2.30. The molecule has 1 aliphatic rings. The number of nitrogens with zero attached hydrogens (tertiary/aromatic N) is 1. The van der Waals surface area contributed by atoms with Gasteiger partial charge in [-0.2, -0.15) is 0 Å². The SMILES string of the molecule is CCN(C)CCC1(CN)CCCCC1. The van der Waals surface area contributed by atoms with E-state index in [1.54, 1.807) is 0 Å². The van der Waals surface area contributed by atoms with E-state index in [-0.39, 0.29) is 0 Å². The molecule has 0 aromatic heterocycles. The Hall–Kier alpha value is -0.0800. The maximum Gasteiger partial charge on any atom is -0.00161 e. The minimum atomic E-state index is 0.488. The van der Waals surface area contributed by atoms with Crippen molar-refractivity contribution in [1.29, 1.82) is 0 Å². The molecule has 1 aliphatic carbocycles. The van der Waals surface area contributed by atoms with Crippen molar-refractivity contribution in [3.63, 3.8) is 0 Å². The molecule has 84 valence electrons. The Morgan fingerprint density at radius 1 is 1.21 bits per heavy atom. The van der Waals surface area contributed by atoms with E-state index in [2.05, 4.69) is 18.9 Å². The molecule has 0 aliphatic heterocycles. The Balaban J connectivity index is 2.36. The minimum Gasteiger partial charge on any atom is -0.330 e. The van der Waals surface area contributed by atoms with Crippen molar-refractivity contribution in [2.45, 2.75) is 45.4 Å². The molecule has 0 aromatic carbocycles. The van der Waals surface area contributed by atoms with Crippen LogP contribution < -0.4 is 5.73 Å². The summed E-state index contributed by atoms with van der Waals surface area (Å²) in [6.45, 7) is 5.48. The third-order valence-electron chi connectivity index (χ3n) is 3.91. The summed E-state index contributed by atoms with van der Waals surface area (Å²) >= 11 is 0. The molecule has 2 nitrogen and oxygen atoms in total. The van der Waals surface area contributed by atoms with Crippen LogP contribution in [0.15, 0.2) is 0 Å². The molecule has 0 unspecified atom stereocenters. The highest BCUT2D eigenvalue weighted by molar-refractivity contribution is 4.84. The van der Waals surface area contributed by atoms with Crippen LogP contribution in [0.1, 0.15) is 45.4 Å². The van der Waals surface area contributed by atoms with Gasteiger partial charge in [0.05, 0.1) is 0 Å². The fourth-order valence-corrected chi connectivity index (χ4v) is 2.44. The molecule has 0 amide bonds. The average Bonchev–Trinajstić information content (AvgIpc) is 2.27. The Kier molecular flexibility index (Phi) is 4.90. The zero-order chi connectivity index (χ0) is 10.4. The van der Waals surface area contributed by atoms with Crippen LogP contribution in [0.2, 0.25) is 0 Å². The molecule has 0 radical (unpaired) electrons. The molecule has 0 aromatic rings. The second kappa shape index (κ2) is 5.72. The third-order valence-corrected chi connectivity index (χ3v) is 3.91. The summed E-state index contributed by atoms with van der Waals surface area (Å²) in [5.74, 6) is 0. The second-order valence-electron chi connectivity index (χ2n) is 4.91. The fraction of sp³-hybridized carbons (Fsp3) is 1.00. The van der Waals surface area contributed by atoms with E-state index < -0.39 is 0 Å². The number of nitrogens with two attached hydrogens (primary N) is 1. The van der Waals surface area contributed by atoms with Crippen molar-refractivity contribution >= 4 is 0 Å². The van der Waals surface area contributed by atoms with Gasteiger partial charge in [0.15, 0.2) is 0 Å². The number of hydrogen-bond acceptors (Lipinski definition) is 2. The van der Waals surface area contributed by atoms with Crippen molar-refractivity contribution < 1.29 is 0 Å². The summed E-state index contributed by atoms with van der Waals surface area (Å²) in [7, 11) is 2.20. The maximum absolute atomic E-state index is 5.95. The molecule has 1 rings (SSSR count). The first-order chi connectivity index (χ1) is 6.72. The summed E-state index contributed by atoms with van der Waals surface area (Å²) in [5, 5.41) is 0. The third kappa shape index (κ3) is 3.25. The van der Waals surface area contributed by atoms with E-state index >= 15 is 0 Å². The predicted molar refractivity (Wildman–Crippen MR) is 62.4 cm³/mol. The molecule has 0 atom stereocenters. The number of rotatable bonds is 5. The predicted octanol–water partition coefficient (Wildman–Crippen LogP) is 2.24. The zero-order valence-electron chi connectivity index (χ0n) is 9.89. The van der Waals surface area contributed by atoms with E-state index in [0.717, 1.165) is 13.1 Å². The molecule has 1 fully saturated rings. The standard InChI is InChI=1S/C12H26N2/c1-3-14(2)10-9-12(11-13)7-5-4-6-8-12/h3-11,13H2,1-2H3. The lowest BCUT2D eigenvalue weighted by Gasteiger charge is -2.37. The summed E-state index contributed by atoms with van der Waals surface area (Å²) in [5.41, 5.74) is 6.44. The summed E-state index contributed by atoms with van der Waals surface area (Å²) in [6, 6.07) is 0. The molecule has 0 saturated heterocycles. The second-order valence-corrected chi connectivity index (χ2v) is 4.91. The van der Waals surface area contributed by atoms with E-state index in [0.29, 0.717) is 5.41 Å². The molecule has 0 bridgehead atoms. The molecular weight excluding hydrogens is 172 g/mol. The van der Waals surface area contributed by atoms with Gasteiger partial charge in [0, 0.05) is 0 Å². The average molecular weight is 198 g/mol. The zero-order valence-corrected chi connectivity index (χ0v) is 9.89. The number of hydrogen-bond donors (Lipinski definition) is 1. The molecule has 1 saturated carbocycles. The Morgan fingerprint density at radius 3 is 2.36 bits per heavy atom. The quantitative estimate of drug-likeness (QED) is 0.734. The van der Waals surface area contributed by atoms with E-state index in [4.69, 9.17) is 5.73 Å². The lowest BCUT2D eigenvalue weighted by molar-refractivity contribution is 0.158. The molecular formula is C12H26N2. The first kappa shape index (κ1) is 12.0. The van der Waals surface area contributed by atoms with Gasteiger partial charge in [0.2, 0.25) is 0 Å². The van der Waals surface area contributed by atoms with Crippen LogP contribution in [-0.4, -0.2) is 31.6 Å². The van der Waals surface area contributed by atoms with Crippen molar-refractivity contribution in [2.75, 3.05) is 26.7 Å². The maximum atomic E-state index is 5.95. The summed E-state index contributed by atoms with van der Waals surface area (Å²) < 4.78 is 0. The largest absolute Gasteiger partial charge is 0.330 e. The smallest absolute Gasteiger partial charge is 0.00161 e. The Morgan fingerprint density at radius 2 is 1.86 bits per heavy atom. The Bertz CT molecular complexity index is 150. The lowest BCUT2D eigenvalue weighted by atomic mass is 9.72. The van der Waals surface area contributed by atoms with Crippen molar-refractivity contribution in [3.05, 3.63) is 0 Å². The van der Waals surface area contributed by atoms with Gasteiger partial charge in [0.1, 0.15) is 0 Å². The van der Waals surface area contributed by atoms with Gasteiger partial charge < -0.3 is 10.6 Å². The van der Waals surface area contributed by atoms with E-state index in [9.17, 15) is 0 Å². The summed E-state index contributed by atoms with van der Waals surface area (Å²) in [4.78, 5) is 2.39. The first-order valence-corrected chi connectivity index (χ1v) is 6.11. The van der Waals surface area contributed by atoms with E-state index in [1.165, 1.54) is 45.1 Å². The first-order valence-electron chi connectivity index (χ1n) is 6.11. The normalized spacial score (nSPS) is 21.4. The van der Waals surface area contributed by atoms with Gasteiger partial charge in [-0.1, -0.05) is 26.2 Å². The van der Waals surface area contributed by atoms with Crippen LogP contribution >= 0.6 is 0 Å². The highest BCUT2D eigenvalue weighted by atomic mass is 15.1. The lowest BCUT2D eigenvalue weighted by Crippen LogP contribution is -2.36. The van der Waals surface area contributed by atoms with Crippen molar-refractivity contribution in [1.82, 2.24) is 4.90 Å². The van der Waals surface area contributed by atoms with Gasteiger partial charge in [0.25, 0.3) is 0 Å². The minimum absolute atomic E-state index is 0.488. The topological polar surface area (TPSA) is 29.3 Å². The van der Waals surface area contributed by atoms with Crippen LogP contribution in [-0.2, 0) is 0 Å². The van der Waals surface area contributed by atoms with Crippen LogP contribution in [0.5, 0.6) is 0 Å². The molecule has 14 heavy (non-hydrogen) atoms. The van der Waals surface area contributed by atoms with Gasteiger partial charge in [-0.3, -0.25) is 0 Å².